The molecular formula is C9H11NO3. The summed E-state index contributed by atoms with van der Waals surface area (Å²) in [6.45, 7) is 1.76. The van der Waals surface area contributed by atoms with Crippen molar-refractivity contribution in [2.45, 2.75) is 12.8 Å². The summed E-state index contributed by atoms with van der Waals surface area (Å²) in [6, 6.07) is 1.63. The number of aromatic carboxylic acids is 1. The Hall–Kier alpha value is -1.29. The molecule has 2 rings (SSSR count). The van der Waals surface area contributed by atoms with Crippen LogP contribution in [0.5, 0.6) is 0 Å². The standard InChI is InChI=1S/C9H11NO3/c11-9(12)8-5-6-1-3-10-4-2-7(6)13-8/h5,10H,1-4H2,(H,11,12). The van der Waals surface area contributed by atoms with Crippen LogP contribution in [0.25, 0.3) is 0 Å². The summed E-state index contributed by atoms with van der Waals surface area (Å²) in [5.74, 6) is -0.102. The van der Waals surface area contributed by atoms with E-state index in [1.807, 2.05) is 0 Å². The van der Waals surface area contributed by atoms with Gasteiger partial charge in [0.2, 0.25) is 5.76 Å². The van der Waals surface area contributed by atoms with Gasteiger partial charge in [-0.1, -0.05) is 0 Å². The Kier molecular flexibility index (Phi) is 2.06. The van der Waals surface area contributed by atoms with Crippen molar-refractivity contribution in [1.29, 1.82) is 0 Å². The first-order valence-electron chi connectivity index (χ1n) is 4.33. The highest BCUT2D eigenvalue weighted by Crippen LogP contribution is 2.18. The summed E-state index contributed by atoms with van der Waals surface area (Å²) >= 11 is 0. The molecule has 1 aromatic rings. The molecule has 0 saturated heterocycles. The highest BCUT2D eigenvalue weighted by atomic mass is 16.4. The van der Waals surface area contributed by atoms with Gasteiger partial charge in [0.25, 0.3) is 0 Å². The van der Waals surface area contributed by atoms with Crippen LogP contribution in [0.3, 0.4) is 0 Å². The van der Waals surface area contributed by atoms with E-state index in [2.05, 4.69) is 5.32 Å². The van der Waals surface area contributed by atoms with Gasteiger partial charge in [0.15, 0.2) is 0 Å². The number of rotatable bonds is 1. The van der Waals surface area contributed by atoms with Gasteiger partial charge < -0.3 is 14.8 Å². The zero-order chi connectivity index (χ0) is 9.26. The van der Waals surface area contributed by atoms with Crippen LogP contribution in [0.15, 0.2) is 10.5 Å². The molecule has 4 nitrogen and oxygen atoms in total. The smallest absolute Gasteiger partial charge is 0.371 e. The van der Waals surface area contributed by atoms with E-state index in [1.54, 1.807) is 6.07 Å². The van der Waals surface area contributed by atoms with E-state index < -0.39 is 5.97 Å². The predicted octanol–water partition coefficient (Wildman–Crippen LogP) is 0.666. The molecule has 0 saturated carbocycles. The lowest BCUT2D eigenvalue weighted by Crippen LogP contribution is -2.16. The number of fused-ring (bicyclic) bond motifs is 1. The normalized spacial score (nSPS) is 16.3. The van der Waals surface area contributed by atoms with Crippen LogP contribution in [-0.2, 0) is 12.8 Å². The third-order valence-corrected chi connectivity index (χ3v) is 2.21. The lowest BCUT2D eigenvalue weighted by atomic mass is 10.1. The molecular weight excluding hydrogens is 170 g/mol. The zero-order valence-electron chi connectivity index (χ0n) is 7.17. The lowest BCUT2D eigenvalue weighted by Gasteiger charge is -1.94. The number of carbonyl (C=O) groups is 1. The van der Waals surface area contributed by atoms with Crippen molar-refractivity contribution < 1.29 is 14.3 Å². The molecule has 0 aromatic carbocycles. The molecule has 0 atom stereocenters. The number of nitrogens with one attached hydrogen (secondary N) is 1. The van der Waals surface area contributed by atoms with Crippen LogP contribution < -0.4 is 5.32 Å². The number of carboxylic acids is 1. The molecule has 0 fully saturated rings. The fourth-order valence-electron chi connectivity index (χ4n) is 1.55. The van der Waals surface area contributed by atoms with Crippen LogP contribution in [0.4, 0.5) is 0 Å². The first-order chi connectivity index (χ1) is 6.27. The van der Waals surface area contributed by atoms with E-state index in [0.29, 0.717) is 0 Å². The van der Waals surface area contributed by atoms with Gasteiger partial charge in [-0.15, -0.1) is 0 Å². The molecule has 0 bridgehead atoms. The molecule has 13 heavy (non-hydrogen) atoms. The second-order valence-corrected chi connectivity index (χ2v) is 3.11. The Morgan fingerprint density at radius 2 is 2.23 bits per heavy atom. The van der Waals surface area contributed by atoms with Crippen molar-refractivity contribution in [2.75, 3.05) is 13.1 Å². The quantitative estimate of drug-likeness (QED) is 0.668. The largest absolute Gasteiger partial charge is 0.475 e. The molecule has 70 valence electrons. The van der Waals surface area contributed by atoms with Gasteiger partial charge in [-0.05, 0) is 24.6 Å². The fourth-order valence-corrected chi connectivity index (χ4v) is 1.55. The van der Waals surface area contributed by atoms with E-state index in [4.69, 9.17) is 9.52 Å². The fraction of sp³-hybridized carbons (Fsp3) is 0.444. The minimum Gasteiger partial charge on any atom is -0.475 e. The highest BCUT2D eigenvalue weighted by Gasteiger charge is 2.16. The van der Waals surface area contributed by atoms with E-state index in [-0.39, 0.29) is 5.76 Å². The maximum Gasteiger partial charge on any atom is 0.371 e. The second kappa shape index (κ2) is 3.22. The first-order valence-corrected chi connectivity index (χ1v) is 4.33. The SMILES string of the molecule is O=C(O)c1cc2c(o1)CCNCC2. The predicted molar refractivity (Wildman–Crippen MR) is 45.9 cm³/mol. The van der Waals surface area contributed by atoms with Gasteiger partial charge >= 0.3 is 5.97 Å². The van der Waals surface area contributed by atoms with Crippen molar-refractivity contribution in [3.8, 4) is 0 Å². The van der Waals surface area contributed by atoms with Crippen LogP contribution in [0, 0.1) is 0 Å². The summed E-state index contributed by atoms with van der Waals surface area (Å²) in [6.07, 6.45) is 1.63. The molecule has 2 heterocycles. The average molecular weight is 181 g/mol. The summed E-state index contributed by atoms with van der Waals surface area (Å²) in [5.41, 5.74) is 1.03. The van der Waals surface area contributed by atoms with Crippen molar-refractivity contribution >= 4 is 5.97 Å². The van der Waals surface area contributed by atoms with Gasteiger partial charge in [0.05, 0.1) is 0 Å². The zero-order valence-corrected chi connectivity index (χ0v) is 7.17. The third kappa shape index (κ3) is 1.58. The van der Waals surface area contributed by atoms with Crippen molar-refractivity contribution in [3.05, 3.63) is 23.2 Å². The summed E-state index contributed by atoms with van der Waals surface area (Å²) in [5, 5.41) is 11.9. The molecule has 0 amide bonds. The van der Waals surface area contributed by atoms with Crippen LogP contribution in [0.1, 0.15) is 21.9 Å². The number of furan rings is 1. The molecule has 1 aromatic heterocycles. The Morgan fingerprint density at radius 1 is 1.46 bits per heavy atom. The molecule has 0 unspecified atom stereocenters. The maximum atomic E-state index is 10.6. The Morgan fingerprint density at radius 3 is 3.00 bits per heavy atom. The summed E-state index contributed by atoms with van der Waals surface area (Å²) in [4.78, 5) is 10.6. The first kappa shape index (κ1) is 8.31. The molecule has 1 aliphatic rings. The van der Waals surface area contributed by atoms with Crippen molar-refractivity contribution in [2.24, 2.45) is 0 Å². The van der Waals surface area contributed by atoms with Crippen LogP contribution in [-0.4, -0.2) is 24.2 Å². The molecule has 0 aliphatic carbocycles. The molecule has 0 spiro atoms. The molecule has 1 aliphatic heterocycles. The van der Waals surface area contributed by atoms with Crippen molar-refractivity contribution in [3.63, 3.8) is 0 Å². The molecule has 4 heteroatoms. The lowest BCUT2D eigenvalue weighted by molar-refractivity contribution is 0.0660. The Balaban J connectivity index is 2.32. The minimum absolute atomic E-state index is 0.0619. The summed E-state index contributed by atoms with van der Waals surface area (Å²) < 4.78 is 5.21. The Labute approximate surface area is 75.6 Å². The van der Waals surface area contributed by atoms with Crippen LogP contribution in [0.2, 0.25) is 0 Å². The van der Waals surface area contributed by atoms with Crippen molar-refractivity contribution in [1.82, 2.24) is 5.32 Å². The van der Waals surface area contributed by atoms with Gasteiger partial charge in [0, 0.05) is 13.0 Å². The topological polar surface area (TPSA) is 62.5 Å². The average Bonchev–Trinajstić information content (AvgIpc) is 2.38. The van der Waals surface area contributed by atoms with E-state index in [1.165, 1.54) is 0 Å². The minimum atomic E-state index is -0.985. The number of carboxylic acid groups (broad SMARTS) is 1. The maximum absolute atomic E-state index is 10.6. The summed E-state index contributed by atoms with van der Waals surface area (Å²) in [7, 11) is 0. The molecule has 0 radical (unpaired) electrons. The van der Waals surface area contributed by atoms with E-state index >= 15 is 0 Å². The van der Waals surface area contributed by atoms with E-state index in [9.17, 15) is 4.79 Å². The third-order valence-electron chi connectivity index (χ3n) is 2.21. The van der Waals surface area contributed by atoms with Gasteiger partial charge in [-0.25, -0.2) is 4.79 Å². The highest BCUT2D eigenvalue weighted by molar-refractivity contribution is 5.84. The van der Waals surface area contributed by atoms with Gasteiger partial charge in [-0.3, -0.25) is 0 Å². The van der Waals surface area contributed by atoms with Crippen LogP contribution >= 0.6 is 0 Å². The van der Waals surface area contributed by atoms with E-state index in [0.717, 1.165) is 37.3 Å². The van der Waals surface area contributed by atoms with Gasteiger partial charge in [-0.2, -0.15) is 0 Å². The Bertz CT molecular complexity index is 306. The van der Waals surface area contributed by atoms with Gasteiger partial charge in [0.1, 0.15) is 5.76 Å². The molecule has 2 N–H and O–H groups in total. The second-order valence-electron chi connectivity index (χ2n) is 3.11. The number of hydrogen-bond acceptors (Lipinski definition) is 3. The number of hydrogen-bond donors (Lipinski definition) is 2. The monoisotopic (exact) mass is 181 g/mol.